The van der Waals surface area contributed by atoms with Crippen molar-refractivity contribution in [3.05, 3.63) is 28.6 Å². The number of nitrogens with zero attached hydrogens (tertiary/aromatic N) is 2. The van der Waals surface area contributed by atoms with E-state index in [9.17, 15) is 22.8 Å². The molecule has 3 heterocycles. The van der Waals surface area contributed by atoms with Crippen molar-refractivity contribution >= 4 is 40.0 Å². The number of thiophene rings is 1. The number of aldehydes is 1. The molecule has 1 amide bonds. The van der Waals surface area contributed by atoms with Gasteiger partial charge in [-0.15, -0.1) is 22.7 Å². The van der Waals surface area contributed by atoms with Gasteiger partial charge in [0.05, 0.1) is 6.04 Å². The summed E-state index contributed by atoms with van der Waals surface area (Å²) in [4.78, 5) is 30.8. The van der Waals surface area contributed by atoms with Gasteiger partial charge in [0.25, 0.3) is 0 Å². The van der Waals surface area contributed by atoms with Crippen LogP contribution in [0.4, 0.5) is 18.3 Å². The Bertz CT molecular complexity index is 892. The number of alkyl halides is 3. The maximum atomic E-state index is 12.5. The lowest BCUT2D eigenvalue weighted by atomic mass is 10.0. The van der Waals surface area contributed by atoms with Crippen LogP contribution in [0.5, 0.6) is 5.06 Å². The minimum Gasteiger partial charge on any atom is -0.475 e. The van der Waals surface area contributed by atoms with E-state index in [0.717, 1.165) is 47.1 Å². The predicted octanol–water partition coefficient (Wildman–Crippen LogP) is 4.10. The number of nitrogens with one attached hydrogen (secondary N) is 2. The Balaban J connectivity index is 1.41. The number of carbonyl (C=O) groups excluding carboxylic acids is 2. The van der Waals surface area contributed by atoms with E-state index >= 15 is 0 Å². The Morgan fingerprint density at radius 1 is 1.42 bits per heavy atom. The number of halogens is 3. The first-order chi connectivity index (χ1) is 15.7. The number of amides is 1. The molecule has 0 saturated carbocycles. The standard InChI is InChI=1S/C21H27F3N4O3S2/c1-14(17-2-3-19(33-17)31-13-21(22,23)24)26-18(30)10-15-4-7-28(11-15)12-16(5-8-29)27-20-25-6-9-32-20/h2-3,6,8-9,14-16H,4-5,7,10-13H2,1H3,(H,25,27)(H,26,30)/t14-,15-,16?/m1/s1. The number of aromatic nitrogens is 1. The minimum atomic E-state index is -4.39. The highest BCUT2D eigenvalue weighted by Crippen LogP contribution is 2.31. The second kappa shape index (κ2) is 11.8. The molecule has 0 radical (unpaired) electrons. The molecule has 3 atom stereocenters. The lowest BCUT2D eigenvalue weighted by molar-refractivity contribution is -0.152. The monoisotopic (exact) mass is 504 g/mol. The van der Waals surface area contributed by atoms with Gasteiger partial charge in [0.15, 0.2) is 16.8 Å². The summed E-state index contributed by atoms with van der Waals surface area (Å²) in [5.74, 6) is 0.119. The summed E-state index contributed by atoms with van der Waals surface area (Å²) in [6.45, 7) is 2.78. The van der Waals surface area contributed by atoms with Gasteiger partial charge in [0, 0.05) is 48.4 Å². The van der Waals surface area contributed by atoms with Gasteiger partial charge in [-0.2, -0.15) is 13.2 Å². The van der Waals surface area contributed by atoms with Crippen molar-refractivity contribution in [3.63, 3.8) is 0 Å². The molecule has 3 rings (SSSR count). The first-order valence-corrected chi connectivity index (χ1v) is 12.3. The molecule has 0 spiro atoms. The number of thiazole rings is 1. The Morgan fingerprint density at radius 3 is 2.94 bits per heavy atom. The Labute approximate surface area is 198 Å². The van der Waals surface area contributed by atoms with Crippen LogP contribution in [0.2, 0.25) is 0 Å². The molecule has 0 bridgehead atoms. The van der Waals surface area contributed by atoms with E-state index in [2.05, 4.69) is 20.5 Å². The first-order valence-electron chi connectivity index (χ1n) is 10.6. The second-order valence-corrected chi connectivity index (χ2v) is 10.0. The van der Waals surface area contributed by atoms with E-state index in [1.807, 2.05) is 5.38 Å². The molecule has 1 saturated heterocycles. The van der Waals surface area contributed by atoms with Crippen LogP contribution in [0.25, 0.3) is 0 Å². The number of hydrogen-bond donors (Lipinski definition) is 2. The maximum Gasteiger partial charge on any atom is 0.422 e. The van der Waals surface area contributed by atoms with E-state index < -0.39 is 12.8 Å². The first kappa shape index (κ1) is 25.4. The van der Waals surface area contributed by atoms with Crippen molar-refractivity contribution in [3.8, 4) is 5.06 Å². The van der Waals surface area contributed by atoms with Crippen LogP contribution in [0.1, 0.15) is 37.1 Å². The van der Waals surface area contributed by atoms with Gasteiger partial charge < -0.3 is 25.1 Å². The van der Waals surface area contributed by atoms with Crippen molar-refractivity contribution in [2.75, 3.05) is 31.6 Å². The molecule has 182 valence electrons. The van der Waals surface area contributed by atoms with E-state index in [1.165, 1.54) is 17.4 Å². The zero-order valence-electron chi connectivity index (χ0n) is 18.1. The van der Waals surface area contributed by atoms with Crippen molar-refractivity contribution in [2.45, 2.75) is 44.4 Å². The summed E-state index contributed by atoms with van der Waals surface area (Å²) in [5.41, 5.74) is 0. The van der Waals surface area contributed by atoms with Gasteiger partial charge in [-0.3, -0.25) is 4.79 Å². The fraction of sp³-hybridized carbons (Fsp3) is 0.571. The van der Waals surface area contributed by atoms with Crippen molar-refractivity contribution < 1.29 is 27.5 Å². The Morgan fingerprint density at radius 2 is 2.24 bits per heavy atom. The number of ether oxygens (including phenoxy) is 1. The quantitative estimate of drug-likeness (QED) is 0.424. The largest absolute Gasteiger partial charge is 0.475 e. The molecule has 12 heteroatoms. The van der Waals surface area contributed by atoms with Gasteiger partial charge >= 0.3 is 6.18 Å². The molecular weight excluding hydrogens is 477 g/mol. The third-order valence-corrected chi connectivity index (χ3v) is 7.13. The molecule has 2 N–H and O–H groups in total. The fourth-order valence-corrected chi connectivity index (χ4v) is 5.22. The van der Waals surface area contributed by atoms with Gasteiger partial charge in [-0.1, -0.05) is 0 Å². The third-order valence-electron chi connectivity index (χ3n) is 5.25. The van der Waals surface area contributed by atoms with E-state index in [0.29, 0.717) is 19.4 Å². The zero-order chi connectivity index (χ0) is 23.8. The number of likely N-dealkylation sites (tertiary alicyclic amines) is 1. The highest BCUT2D eigenvalue weighted by Gasteiger charge is 2.29. The maximum absolute atomic E-state index is 12.5. The van der Waals surface area contributed by atoms with Crippen LogP contribution in [0, 0.1) is 5.92 Å². The van der Waals surface area contributed by atoms with Crippen LogP contribution in [-0.2, 0) is 9.59 Å². The zero-order valence-corrected chi connectivity index (χ0v) is 19.8. The van der Waals surface area contributed by atoms with Crippen LogP contribution in [0.3, 0.4) is 0 Å². The molecule has 0 aliphatic carbocycles. The highest BCUT2D eigenvalue weighted by atomic mass is 32.1. The molecule has 2 aromatic rings. The van der Waals surface area contributed by atoms with Gasteiger partial charge in [-0.25, -0.2) is 4.98 Å². The van der Waals surface area contributed by atoms with Crippen LogP contribution in [0.15, 0.2) is 23.7 Å². The Kier molecular flexibility index (Phi) is 9.10. The molecule has 1 unspecified atom stereocenters. The average molecular weight is 505 g/mol. The van der Waals surface area contributed by atoms with Crippen LogP contribution in [-0.4, -0.2) is 60.5 Å². The number of rotatable bonds is 12. The molecule has 2 aromatic heterocycles. The fourth-order valence-electron chi connectivity index (χ4n) is 3.75. The van der Waals surface area contributed by atoms with Gasteiger partial charge in [-0.05, 0) is 37.9 Å². The highest BCUT2D eigenvalue weighted by molar-refractivity contribution is 7.14. The summed E-state index contributed by atoms with van der Waals surface area (Å²) in [6, 6.07) is 2.80. The summed E-state index contributed by atoms with van der Waals surface area (Å²) >= 11 is 2.58. The predicted molar refractivity (Wildman–Crippen MR) is 122 cm³/mol. The van der Waals surface area contributed by atoms with Crippen LogP contribution >= 0.6 is 22.7 Å². The third kappa shape index (κ3) is 8.59. The van der Waals surface area contributed by atoms with E-state index in [-0.39, 0.29) is 29.0 Å². The van der Waals surface area contributed by atoms with Gasteiger partial charge in [0.2, 0.25) is 5.91 Å². The van der Waals surface area contributed by atoms with Crippen LogP contribution < -0.4 is 15.4 Å². The van der Waals surface area contributed by atoms with E-state index in [4.69, 9.17) is 4.74 Å². The summed E-state index contributed by atoms with van der Waals surface area (Å²) in [5, 5.41) is 9.04. The topological polar surface area (TPSA) is 83.6 Å². The molecule has 7 nitrogen and oxygen atoms in total. The molecule has 33 heavy (non-hydrogen) atoms. The average Bonchev–Trinajstić information content (AvgIpc) is 3.48. The second-order valence-electron chi connectivity index (χ2n) is 8.05. The molecular formula is C21H27F3N4O3S2. The summed E-state index contributed by atoms with van der Waals surface area (Å²) < 4.78 is 41.6. The molecule has 1 fully saturated rings. The van der Waals surface area contributed by atoms with Crippen molar-refractivity contribution in [2.24, 2.45) is 5.92 Å². The molecule has 1 aliphatic rings. The van der Waals surface area contributed by atoms with Crippen molar-refractivity contribution in [1.82, 2.24) is 15.2 Å². The lowest BCUT2D eigenvalue weighted by Crippen LogP contribution is -2.36. The normalized spacial score (nSPS) is 18.6. The number of anilines is 1. The van der Waals surface area contributed by atoms with E-state index in [1.54, 1.807) is 19.2 Å². The summed E-state index contributed by atoms with van der Waals surface area (Å²) in [6.07, 6.45) is -0.123. The molecule has 1 aliphatic heterocycles. The van der Waals surface area contributed by atoms with Crippen molar-refractivity contribution in [1.29, 1.82) is 0 Å². The smallest absolute Gasteiger partial charge is 0.422 e. The number of hydrogen-bond acceptors (Lipinski definition) is 8. The lowest BCUT2D eigenvalue weighted by Gasteiger charge is -2.23. The van der Waals surface area contributed by atoms with Gasteiger partial charge in [0.1, 0.15) is 6.29 Å². The Hall–Kier alpha value is -2.18. The number of carbonyl (C=O) groups is 2. The summed E-state index contributed by atoms with van der Waals surface area (Å²) in [7, 11) is 0. The SMILES string of the molecule is C[C@@H](NC(=O)C[C@H]1CCN(CC(CC=O)Nc2nccs2)C1)c1ccc(OCC(F)(F)F)s1. The minimum absolute atomic E-state index is 0.0335. The molecule has 0 aromatic carbocycles.